The molecule has 1 saturated carbocycles. The monoisotopic (exact) mass is 476 g/mol. The number of esters is 1. The van der Waals surface area contributed by atoms with Gasteiger partial charge in [0.05, 0.1) is 5.41 Å². The highest BCUT2D eigenvalue weighted by Gasteiger charge is 2.86. The molecule has 26 heavy (non-hydrogen) atoms. The number of rotatable bonds is 3. The Morgan fingerprint density at radius 2 is 1.65 bits per heavy atom. The van der Waals surface area contributed by atoms with E-state index in [0.717, 1.165) is 8.95 Å². The molecule has 0 amide bonds. The van der Waals surface area contributed by atoms with Gasteiger partial charge in [-0.2, -0.15) is 0 Å². The molecule has 3 unspecified atom stereocenters. The van der Waals surface area contributed by atoms with E-state index in [1.807, 2.05) is 6.07 Å². The summed E-state index contributed by atoms with van der Waals surface area (Å²) in [7, 11) is 0. The Morgan fingerprint density at radius 3 is 2.27 bits per heavy atom. The maximum absolute atomic E-state index is 13.4. The zero-order valence-corrected chi connectivity index (χ0v) is 17.2. The molecule has 0 spiro atoms. The van der Waals surface area contributed by atoms with Crippen molar-refractivity contribution in [1.29, 1.82) is 0 Å². The first kappa shape index (κ1) is 17.6. The lowest BCUT2D eigenvalue weighted by Crippen LogP contribution is -2.37. The minimum Gasteiger partial charge on any atom is -0.425 e. The van der Waals surface area contributed by atoms with E-state index in [0.29, 0.717) is 16.9 Å². The molecule has 6 heteroatoms. The van der Waals surface area contributed by atoms with E-state index in [-0.39, 0.29) is 11.6 Å². The third-order valence-corrected chi connectivity index (χ3v) is 6.71. The van der Waals surface area contributed by atoms with Crippen molar-refractivity contribution in [2.24, 2.45) is 10.8 Å². The van der Waals surface area contributed by atoms with Gasteiger partial charge in [0.15, 0.2) is 5.78 Å². The maximum Gasteiger partial charge on any atom is 0.326 e. The van der Waals surface area contributed by atoms with Crippen LogP contribution < -0.4 is 4.74 Å². The minimum absolute atomic E-state index is 0.227. The van der Waals surface area contributed by atoms with Crippen LogP contribution in [0.2, 0.25) is 0 Å². The van der Waals surface area contributed by atoms with Crippen molar-refractivity contribution in [3.8, 4) is 5.75 Å². The Morgan fingerprint density at radius 1 is 1.04 bits per heavy atom. The molecule has 2 aromatic carbocycles. The average Bonchev–Trinajstić information content (AvgIpc) is 3.20. The summed E-state index contributed by atoms with van der Waals surface area (Å²) >= 11 is 6.77. The topological polar surface area (TPSA) is 60.4 Å². The molecule has 0 N–H and O–H groups in total. The maximum atomic E-state index is 13.4. The van der Waals surface area contributed by atoms with Crippen molar-refractivity contribution < 1.29 is 19.1 Å². The van der Waals surface area contributed by atoms with Crippen LogP contribution >= 0.6 is 31.9 Å². The molecule has 2 aliphatic rings. The molecule has 0 bridgehead atoms. The van der Waals surface area contributed by atoms with Crippen molar-refractivity contribution in [2.45, 2.75) is 19.8 Å². The summed E-state index contributed by atoms with van der Waals surface area (Å²) in [5, 5.41) is 0. The Kier molecular flexibility index (Phi) is 3.80. The molecule has 132 valence electrons. The molecular formula is C20H14Br2O4. The Balaban J connectivity index is 1.91. The minimum atomic E-state index is -1.47. The van der Waals surface area contributed by atoms with Gasteiger partial charge >= 0.3 is 5.97 Å². The van der Waals surface area contributed by atoms with Crippen molar-refractivity contribution in [1.82, 2.24) is 0 Å². The normalized spacial score (nSPS) is 28.6. The highest BCUT2D eigenvalue weighted by molar-refractivity contribution is 9.10. The van der Waals surface area contributed by atoms with Gasteiger partial charge in [-0.3, -0.25) is 14.4 Å². The van der Waals surface area contributed by atoms with Gasteiger partial charge in [-0.1, -0.05) is 50.9 Å². The molecule has 4 nitrogen and oxygen atoms in total. The Bertz CT molecular complexity index is 982. The highest BCUT2D eigenvalue weighted by Crippen LogP contribution is 2.78. The van der Waals surface area contributed by atoms with E-state index in [4.69, 9.17) is 4.74 Å². The van der Waals surface area contributed by atoms with Crippen LogP contribution in [0.5, 0.6) is 5.75 Å². The number of halogens is 2. The van der Waals surface area contributed by atoms with E-state index < -0.39 is 22.7 Å². The summed E-state index contributed by atoms with van der Waals surface area (Å²) in [6.45, 7) is 3.05. The molecule has 0 aromatic heterocycles. The summed E-state index contributed by atoms with van der Waals surface area (Å²) in [4.78, 5) is 38.8. The molecule has 2 aromatic rings. The Hall–Kier alpha value is -1.79. The van der Waals surface area contributed by atoms with Gasteiger partial charge < -0.3 is 4.74 Å². The second kappa shape index (κ2) is 5.60. The van der Waals surface area contributed by atoms with Crippen LogP contribution in [0.1, 0.15) is 35.7 Å². The first-order chi connectivity index (χ1) is 12.2. The molecule has 1 fully saturated rings. The zero-order chi connectivity index (χ0) is 18.9. The standard InChI is InChI=1S/C20H14Br2O4/c1-10(23)20-16(14-9-13(22)7-8-15(14)26-18(20)25)19(20,2)17(24)11-3-5-12(21)6-4-11/h3-9,16H,1-2H3. The van der Waals surface area contributed by atoms with Crippen LogP contribution in [0.3, 0.4) is 0 Å². The van der Waals surface area contributed by atoms with E-state index in [1.54, 1.807) is 43.3 Å². The van der Waals surface area contributed by atoms with Crippen molar-refractivity contribution in [3.63, 3.8) is 0 Å². The fourth-order valence-electron chi connectivity index (χ4n) is 4.44. The van der Waals surface area contributed by atoms with Gasteiger partial charge in [-0.15, -0.1) is 0 Å². The molecule has 0 saturated heterocycles. The quantitative estimate of drug-likeness (QED) is 0.278. The SMILES string of the molecule is CC(=O)C12C(=O)Oc3ccc(Br)cc3C1C2(C)C(=O)c1ccc(Br)cc1. The number of ketones is 2. The van der Waals surface area contributed by atoms with Crippen LogP contribution in [0.15, 0.2) is 51.4 Å². The molecule has 1 heterocycles. The molecule has 3 atom stereocenters. The number of carbonyl (C=O) groups excluding carboxylic acids is 3. The molecule has 0 radical (unpaired) electrons. The van der Waals surface area contributed by atoms with Gasteiger partial charge in [0.25, 0.3) is 0 Å². The van der Waals surface area contributed by atoms with E-state index in [1.165, 1.54) is 6.92 Å². The number of carbonyl (C=O) groups is 3. The van der Waals surface area contributed by atoms with Crippen molar-refractivity contribution in [3.05, 3.63) is 62.5 Å². The fraction of sp³-hybridized carbons (Fsp3) is 0.250. The van der Waals surface area contributed by atoms with Crippen LogP contribution in [0.25, 0.3) is 0 Å². The molecule has 1 aliphatic carbocycles. The molecule has 1 aliphatic heterocycles. The summed E-state index contributed by atoms with van der Waals surface area (Å²) in [5.41, 5.74) is -1.46. The summed E-state index contributed by atoms with van der Waals surface area (Å²) < 4.78 is 7.12. The smallest absolute Gasteiger partial charge is 0.326 e. The predicted molar refractivity (Wildman–Crippen MR) is 102 cm³/mol. The number of benzene rings is 2. The van der Waals surface area contributed by atoms with E-state index >= 15 is 0 Å². The molecular weight excluding hydrogens is 464 g/mol. The number of hydrogen-bond donors (Lipinski definition) is 0. The first-order valence-electron chi connectivity index (χ1n) is 8.07. The second-order valence-corrected chi connectivity index (χ2v) is 8.74. The lowest BCUT2D eigenvalue weighted by atomic mass is 9.85. The Labute approximate surface area is 167 Å². The fourth-order valence-corrected chi connectivity index (χ4v) is 5.08. The van der Waals surface area contributed by atoms with Gasteiger partial charge in [0, 0.05) is 26.0 Å². The number of ether oxygens (including phenoxy) is 1. The van der Waals surface area contributed by atoms with Crippen LogP contribution in [0.4, 0.5) is 0 Å². The van der Waals surface area contributed by atoms with Crippen LogP contribution in [0, 0.1) is 10.8 Å². The predicted octanol–water partition coefficient (Wildman–Crippen LogP) is 4.69. The second-order valence-electron chi connectivity index (χ2n) is 6.91. The van der Waals surface area contributed by atoms with Crippen LogP contribution in [-0.2, 0) is 9.59 Å². The molecule has 4 rings (SSSR count). The number of fused-ring (bicyclic) bond motifs is 3. The van der Waals surface area contributed by atoms with Crippen molar-refractivity contribution in [2.75, 3.05) is 0 Å². The van der Waals surface area contributed by atoms with Gasteiger partial charge in [-0.05, 0) is 37.3 Å². The van der Waals surface area contributed by atoms with Gasteiger partial charge in [0.2, 0.25) is 0 Å². The lowest BCUT2D eigenvalue weighted by molar-refractivity contribution is -0.147. The van der Waals surface area contributed by atoms with Crippen molar-refractivity contribution >= 4 is 49.4 Å². The third-order valence-electron chi connectivity index (χ3n) is 5.69. The van der Waals surface area contributed by atoms with E-state index in [2.05, 4.69) is 31.9 Å². The highest BCUT2D eigenvalue weighted by atomic mass is 79.9. The lowest BCUT2D eigenvalue weighted by Gasteiger charge is -2.21. The zero-order valence-electron chi connectivity index (χ0n) is 14.0. The van der Waals surface area contributed by atoms with E-state index in [9.17, 15) is 14.4 Å². The number of Topliss-reactive ketones (excluding diaryl/α,β-unsaturated/α-hetero) is 2. The van der Waals surface area contributed by atoms with Gasteiger partial charge in [-0.25, -0.2) is 0 Å². The summed E-state index contributed by atoms with van der Waals surface area (Å²) in [6, 6.07) is 12.2. The van der Waals surface area contributed by atoms with Gasteiger partial charge in [0.1, 0.15) is 16.9 Å². The summed E-state index contributed by atoms with van der Waals surface area (Å²) in [6.07, 6.45) is 0. The largest absolute Gasteiger partial charge is 0.425 e. The number of hydrogen-bond acceptors (Lipinski definition) is 4. The summed E-state index contributed by atoms with van der Waals surface area (Å²) in [5.74, 6) is -1.33. The first-order valence-corrected chi connectivity index (χ1v) is 9.66. The third kappa shape index (κ3) is 2.03. The average molecular weight is 478 g/mol. The van der Waals surface area contributed by atoms with Crippen LogP contribution in [-0.4, -0.2) is 17.5 Å².